The maximum atomic E-state index is 6.08. The molecule has 15 heavy (non-hydrogen) atoms. The van der Waals surface area contributed by atoms with Gasteiger partial charge in [-0.2, -0.15) is 0 Å². The molecule has 1 aliphatic rings. The third kappa shape index (κ3) is 2.61. The number of hydrogen-bond donors (Lipinski definition) is 1. The van der Waals surface area contributed by atoms with E-state index in [4.69, 9.17) is 17.3 Å². The van der Waals surface area contributed by atoms with E-state index in [1.165, 1.54) is 12.8 Å². The van der Waals surface area contributed by atoms with E-state index in [0.717, 1.165) is 24.8 Å². The zero-order chi connectivity index (χ0) is 10.8. The summed E-state index contributed by atoms with van der Waals surface area (Å²) in [7, 11) is 0. The third-order valence-corrected chi connectivity index (χ3v) is 3.11. The first-order valence-electron chi connectivity index (χ1n) is 5.35. The van der Waals surface area contributed by atoms with E-state index >= 15 is 0 Å². The van der Waals surface area contributed by atoms with Crippen molar-refractivity contribution in [3.05, 3.63) is 22.8 Å². The maximum Gasteiger partial charge on any atom is 0.123 e. The van der Waals surface area contributed by atoms with E-state index in [9.17, 15) is 0 Å². The van der Waals surface area contributed by atoms with Crippen molar-refractivity contribution in [2.24, 2.45) is 0 Å². The van der Waals surface area contributed by atoms with Gasteiger partial charge in [-0.15, -0.1) is 0 Å². The number of rotatable bonds is 4. The zero-order valence-electron chi connectivity index (χ0n) is 8.91. The average Bonchev–Trinajstić information content (AvgIpc) is 3.03. The Labute approximate surface area is 95.2 Å². The smallest absolute Gasteiger partial charge is 0.123 e. The number of pyridine rings is 1. The summed E-state index contributed by atoms with van der Waals surface area (Å²) in [6.45, 7) is 4.01. The molecule has 0 spiro atoms. The first-order valence-corrected chi connectivity index (χ1v) is 5.73. The van der Waals surface area contributed by atoms with E-state index in [2.05, 4.69) is 16.8 Å². The summed E-state index contributed by atoms with van der Waals surface area (Å²) in [5, 5.41) is 0.711. The number of anilines is 1. The van der Waals surface area contributed by atoms with Gasteiger partial charge in [-0.25, -0.2) is 4.98 Å². The van der Waals surface area contributed by atoms with Crippen molar-refractivity contribution in [3.63, 3.8) is 0 Å². The molecule has 0 bridgehead atoms. The van der Waals surface area contributed by atoms with Gasteiger partial charge < -0.3 is 5.73 Å². The molecule has 0 atom stereocenters. The van der Waals surface area contributed by atoms with Gasteiger partial charge in [0.2, 0.25) is 0 Å². The predicted molar refractivity (Wildman–Crippen MR) is 62.8 cm³/mol. The second kappa shape index (κ2) is 4.37. The normalized spacial score (nSPS) is 15.9. The van der Waals surface area contributed by atoms with Gasteiger partial charge >= 0.3 is 0 Å². The molecule has 1 aromatic rings. The molecule has 0 saturated heterocycles. The van der Waals surface area contributed by atoms with Gasteiger partial charge in [0, 0.05) is 12.6 Å². The lowest BCUT2D eigenvalue weighted by Gasteiger charge is -2.19. The fourth-order valence-electron chi connectivity index (χ4n) is 1.74. The highest BCUT2D eigenvalue weighted by Gasteiger charge is 2.28. The topological polar surface area (TPSA) is 42.2 Å². The van der Waals surface area contributed by atoms with Crippen molar-refractivity contribution in [2.75, 3.05) is 12.3 Å². The minimum Gasteiger partial charge on any atom is -0.384 e. The lowest BCUT2D eigenvalue weighted by Crippen LogP contribution is -2.25. The summed E-state index contributed by atoms with van der Waals surface area (Å²) in [6.07, 6.45) is 2.60. The van der Waals surface area contributed by atoms with Crippen LogP contribution in [-0.4, -0.2) is 22.5 Å². The standard InChI is InChI=1S/C11H16ClN3/c1-2-15(8-3-4-8)7-10-9(12)5-6-11(13)14-10/h5-6,8H,2-4,7H2,1H3,(H2,13,14). The quantitative estimate of drug-likeness (QED) is 0.855. The summed E-state index contributed by atoms with van der Waals surface area (Å²) in [5.41, 5.74) is 6.54. The van der Waals surface area contributed by atoms with E-state index < -0.39 is 0 Å². The molecular formula is C11H16ClN3. The Hall–Kier alpha value is -0.800. The molecule has 0 amide bonds. The molecule has 3 nitrogen and oxygen atoms in total. The minimum atomic E-state index is 0.543. The Morgan fingerprint density at radius 2 is 2.27 bits per heavy atom. The van der Waals surface area contributed by atoms with Gasteiger partial charge in [0.1, 0.15) is 5.82 Å². The largest absolute Gasteiger partial charge is 0.384 e. The Morgan fingerprint density at radius 3 is 2.87 bits per heavy atom. The fourth-order valence-corrected chi connectivity index (χ4v) is 1.91. The maximum absolute atomic E-state index is 6.08. The van der Waals surface area contributed by atoms with Crippen LogP contribution in [0.5, 0.6) is 0 Å². The predicted octanol–water partition coefficient (Wildman–Crippen LogP) is 2.30. The van der Waals surface area contributed by atoms with Gasteiger partial charge in [0.25, 0.3) is 0 Å². The molecule has 4 heteroatoms. The third-order valence-electron chi connectivity index (χ3n) is 2.76. The molecule has 0 unspecified atom stereocenters. The van der Waals surface area contributed by atoms with Crippen LogP contribution in [0.15, 0.2) is 12.1 Å². The molecule has 82 valence electrons. The monoisotopic (exact) mass is 225 g/mol. The SMILES string of the molecule is CCN(Cc1nc(N)ccc1Cl)C1CC1. The second-order valence-electron chi connectivity index (χ2n) is 3.96. The lowest BCUT2D eigenvalue weighted by atomic mass is 10.3. The van der Waals surface area contributed by atoms with Crippen molar-refractivity contribution >= 4 is 17.4 Å². The van der Waals surface area contributed by atoms with Crippen molar-refractivity contribution in [1.82, 2.24) is 9.88 Å². The van der Waals surface area contributed by atoms with E-state index in [-0.39, 0.29) is 0 Å². The fraction of sp³-hybridized carbons (Fsp3) is 0.545. The number of aromatic nitrogens is 1. The lowest BCUT2D eigenvalue weighted by molar-refractivity contribution is 0.266. The van der Waals surface area contributed by atoms with Crippen LogP contribution in [0.1, 0.15) is 25.5 Å². The van der Waals surface area contributed by atoms with Gasteiger partial charge in [0.15, 0.2) is 0 Å². The molecule has 0 aliphatic heterocycles. The molecule has 0 aromatic carbocycles. The van der Waals surface area contributed by atoms with E-state index in [1.54, 1.807) is 6.07 Å². The first kappa shape index (κ1) is 10.7. The van der Waals surface area contributed by atoms with Crippen molar-refractivity contribution in [3.8, 4) is 0 Å². The Kier molecular flexibility index (Phi) is 3.12. The summed E-state index contributed by atoms with van der Waals surface area (Å²) in [4.78, 5) is 6.67. The van der Waals surface area contributed by atoms with E-state index in [0.29, 0.717) is 10.8 Å². The summed E-state index contributed by atoms with van der Waals surface area (Å²) in [5.74, 6) is 0.543. The molecule has 1 aliphatic carbocycles. The van der Waals surface area contributed by atoms with Crippen LogP contribution in [0.2, 0.25) is 5.02 Å². The van der Waals surface area contributed by atoms with Gasteiger partial charge in [-0.05, 0) is 31.5 Å². The summed E-state index contributed by atoms with van der Waals surface area (Å²) < 4.78 is 0. The second-order valence-corrected chi connectivity index (χ2v) is 4.37. The number of hydrogen-bond acceptors (Lipinski definition) is 3. The number of halogens is 1. The Bertz CT molecular complexity index is 350. The molecular weight excluding hydrogens is 210 g/mol. The van der Waals surface area contributed by atoms with Crippen LogP contribution in [0.3, 0.4) is 0 Å². The van der Waals surface area contributed by atoms with Gasteiger partial charge in [-0.1, -0.05) is 18.5 Å². The highest BCUT2D eigenvalue weighted by molar-refractivity contribution is 6.31. The summed E-state index contributed by atoms with van der Waals surface area (Å²) >= 11 is 6.08. The highest BCUT2D eigenvalue weighted by atomic mass is 35.5. The zero-order valence-corrected chi connectivity index (χ0v) is 9.67. The molecule has 2 N–H and O–H groups in total. The number of nitrogen functional groups attached to an aromatic ring is 1. The highest BCUT2D eigenvalue weighted by Crippen LogP contribution is 2.29. The van der Waals surface area contributed by atoms with Crippen LogP contribution in [0.4, 0.5) is 5.82 Å². The van der Waals surface area contributed by atoms with Crippen LogP contribution in [0, 0.1) is 0 Å². The van der Waals surface area contributed by atoms with Crippen molar-refractivity contribution in [2.45, 2.75) is 32.4 Å². The van der Waals surface area contributed by atoms with Crippen LogP contribution in [0.25, 0.3) is 0 Å². The van der Waals surface area contributed by atoms with Crippen LogP contribution < -0.4 is 5.73 Å². The average molecular weight is 226 g/mol. The molecule has 1 aromatic heterocycles. The Balaban J connectivity index is 2.11. The van der Waals surface area contributed by atoms with Gasteiger partial charge in [0.05, 0.1) is 10.7 Å². The number of nitrogens with two attached hydrogens (primary N) is 1. The van der Waals surface area contributed by atoms with E-state index in [1.807, 2.05) is 6.07 Å². The van der Waals surface area contributed by atoms with Crippen LogP contribution in [-0.2, 0) is 6.54 Å². The Morgan fingerprint density at radius 1 is 1.53 bits per heavy atom. The van der Waals surface area contributed by atoms with Crippen molar-refractivity contribution in [1.29, 1.82) is 0 Å². The molecule has 0 radical (unpaired) electrons. The van der Waals surface area contributed by atoms with Crippen molar-refractivity contribution < 1.29 is 0 Å². The molecule has 1 fully saturated rings. The minimum absolute atomic E-state index is 0.543. The molecule has 2 rings (SSSR count). The molecule has 1 saturated carbocycles. The first-order chi connectivity index (χ1) is 7.20. The van der Waals surface area contributed by atoms with Gasteiger partial charge in [-0.3, -0.25) is 4.90 Å². The molecule has 1 heterocycles. The number of nitrogens with zero attached hydrogens (tertiary/aromatic N) is 2. The summed E-state index contributed by atoms with van der Waals surface area (Å²) in [6, 6.07) is 4.29. The van der Waals surface area contributed by atoms with Crippen LogP contribution >= 0.6 is 11.6 Å².